The average molecular weight is 343 g/mol. The van der Waals surface area contributed by atoms with E-state index in [-0.39, 0.29) is 18.2 Å². The Kier molecular flexibility index (Phi) is 5.86. The monoisotopic (exact) mass is 342 g/mol. The number of rotatable bonds is 5. The molecule has 2 aromatic carbocycles. The number of hydrogen-bond acceptors (Lipinski definition) is 2. The fourth-order valence-electron chi connectivity index (χ4n) is 1.64. The van der Waals surface area contributed by atoms with Crippen molar-refractivity contribution in [1.29, 1.82) is 0 Å². The van der Waals surface area contributed by atoms with Gasteiger partial charge in [0.1, 0.15) is 18.2 Å². The number of nitrogens with one attached hydrogen (secondary N) is 2. The molecule has 2 amide bonds. The number of benzene rings is 2. The fourth-order valence-corrected chi connectivity index (χ4v) is 2.01. The van der Waals surface area contributed by atoms with Crippen molar-refractivity contribution < 1.29 is 13.9 Å². The maximum absolute atomic E-state index is 13.0. The van der Waals surface area contributed by atoms with Gasteiger partial charge in [0.2, 0.25) is 0 Å². The van der Waals surface area contributed by atoms with Crippen molar-refractivity contribution in [1.82, 2.24) is 5.32 Å². The van der Waals surface area contributed by atoms with Crippen LogP contribution in [0.1, 0.15) is 0 Å². The van der Waals surface area contributed by atoms with Crippen LogP contribution < -0.4 is 15.4 Å². The van der Waals surface area contributed by atoms with Gasteiger partial charge in [-0.2, -0.15) is 0 Å². The molecular formula is C15H13Cl2FN2O2. The minimum absolute atomic E-state index is 0.0557. The highest BCUT2D eigenvalue weighted by atomic mass is 35.5. The zero-order valence-corrected chi connectivity index (χ0v) is 12.9. The van der Waals surface area contributed by atoms with Crippen molar-refractivity contribution >= 4 is 34.9 Å². The Morgan fingerprint density at radius 3 is 2.64 bits per heavy atom. The lowest BCUT2D eigenvalue weighted by molar-refractivity contribution is 0.247. The molecule has 0 aliphatic heterocycles. The van der Waals surface area contributed by atoms with Crippen LogP contribution in [0.15, 0.2) is 42.5 Å². The Hall–Kier alpha value is -1.98. The molecule has 0 atom stereocenters. The Morgan fingerprint density at radius 2 is 1.91 bits per heavy atom. The van der Waals surface area contributed by atoms with Crippen molar-refractivity contribution in [2.75, 3.05) is 18.5 Å². The van der Waals surface area contributed by atoms with Crippen molar-refractivity contribution in [3.05, 3.63) is 58.3 Å². The number of amides is 2. The van der Waals surface area contributed by atoms with Crippen molar-refractivity contribution in [2.45, 2.75) is 0 Å². The summed E-state index contributed by atoms with van der Waals surface area (Å²) in [7, 11) is 0. The second-order valence-corrected chi connectivity index (χ2v) is 5.10. The van der Waals surface area contributed by atoms with Crippen LogP contribution >= 0.6 is 23.2 Å². The number of ether oxygens (including phenoxy) is 1. The Labute approximate surface area is 137 Å². The molecule has 0 radical (unpaired) electrons. The number of urea groups is 1. The summed E-state index contributed by atoms with van der Waals surface area (Å²) >= 11 is 11.6. The summed E-state index contributed by atoms with van der Waals surface area (Å²) in [6, 6.07) is 10.5. The Bertz CT molecular complexity index is 668. The zero-order chi connectivity index (χ0) is 15.9. The summed E-state index contributed by atoms with van der Waals surface area (Å²) in [6.45, 7) is 0.549. The highest BCUT2D eigenvalue weighted by Crippen LogP contribution is 2.22. The molecule has 4 nitrogen and oxygen atoms in total. The second-order valence-electron chi connectivity index (χ2n) is 4.29. The van der Waals surface area contributed by atoms with E-state index < -0.39 is 11.8 Å². The van der Waals surface area contributed by atoms with E-state index in [0.29, 0.717) is 16.5 Å². The molecule has 7 heteroatoms. The third-order valence-corrected chi connectivity index (χ3v) is 3.26. The van der Waals surface area contributed by atoms with Crippen LogP contribution in [-0.4, -0.2) is 19.2 Å². The van der Waals surface area contributed by atoms with Gasteiger partial charge in [-0.05, 0) is 30.3 Å². The molecule has 0 aliphatic rings. The normalized spacial score (nSPS) is 10.1. The molecule has 116 valence electrons. The van der Waals surface area contributed by atoms with Gasteiger partial charge in [0, 0.05) is 5.69 Å². The predicted octanol–water partition coefficient (Wildman–Crippen LogP) is 4.33. The summed E-state index contributed by atoms with van der Waals surface area (Å²) in [5, 5.41) is 5.59. The highest BCUT2D eigenvalue weighted by Gasteiger charge is 2.05. The molecule has 2 aromatic rings. The molecule has 0 heterocycles. The number of anilines is 1. The van der Waals surface area contributed by atoms with Crippen molar-refractivity contribution in [3.63, 3.8) is 0 Å². The fraction of sp³-hybridized carbons (Fsp3) is 0.133. The minimum atomic E-state index is -0.541. The van der Waals surface area contributed by atoms with Crippen LogP contribution in [-0.2, 0) is 0 Å². The van der Waals surface area contributed by atoms with Crippen LogP contribution in [0.3, 0.4) is 0 Å². The Balaban J connectivity index is 1.74. The lowest BCUT2D eigenvalue weighted by Gasteiger charge is -2.10. The molecule has 0 aromatic heterocycles. The summed E-state index contributed by atoms with van der Waals surface area (Å²) in [5.74, 6) is 0.0115. The largest absolute Gasteiger partial charge is 0.490 e. The van der Waals surface area contributed by atoms with E-state index >= 15 is 0 Å². The molecule has 0 aliphatic carbocycles. The summed E-state index contributed by atoms with van der Waals surface area (Å²) in [4.78, 5) is 11.6. The molecule has 0 bridgehead atoms. The maximum atomic E-state index is 13.0. The highest BCUT2D eigenvalue weighted by molar-refractivity contribution is 6.32. The molecular weight excluding hydrogens is 330 g/mol. The number of carbonyl (C=O) groups is 1. The van der Waals surface area contributed by atoms with E-state index in [2.05, 4.69) is 10.6 Å². The number of para-hydroxylation sites is 1. The van der Waals surface area contributed by atoms with E-state index in [0.717, 1.165) is 0 Å². The van der Waals surface area contributed by atoms with Gasteiger partial charge < -0.3 is 15.4 Å². The van der Waals surface area contributed by atoms with Crippen LogP contribution in [0.25, 0.3) is 0 Å². The lowest BCUT2D eigenvalue weighted by Crippen LogP contribution is -2.32. The smallest absolute Gasteiger partial charge is 0.319 e. The molecule has 0 spiro atoms. The van der Waals surface area contributed by atoms with Gasteiger partial charge >= 0.3 is 6.03 Å². The minimum Gasteiger partial charge on any atom is -0.490 e. The molecule has 0 unspecified atom stereocenters. The van der Waals surface area contributed by atoms with Gasteiger partial charge in [-0.25, -0.2) is 9.18 Å². The molecule has 22 heavy (non-hydrogen) atoms. The molecule has 0 fully saturated rings. The number of halogens is 3. The maximum Gasteiger partial charge on any atom is 0.319 e. The number of hydrogen-bond donors (Lipinski definition) is 2. The summed E-state index contributed by atoms with van der Waals surface area (Å²) in [6.07, 6.45) is 0. The first-order chi connectivity index (χ1) is 10.6. The van der Waals surface area contributed by atoms with Crippen LogP contribution in [0.4, 0.5) is 14.9 Å². The first-order valence-corrected chi connectivity index (χ1v) is 7.19. The van der Waals surface area contributed by atoms with E-state index in [4.69, 9.17) is 27.9 Å². The van der Waals surface area contributed by atoms with Gasteiger partial charge in [0.15, 0.2) is 0 Å². The van der Waals surface area contributed by atoms with Gasteiger partial charge in [-0.1, -0.05) is 35.3 Å². The first kappa shape index (κ1) is 16.4. The first-order valence-electron chi connectivity index (χ1n) is 6.43. The third-order valence-electron chi connectivity index (χ3n) is 2.66. The van der Waals surface area contributed by atoms with Gasteiger partial charge in [-0.15, -0.1) is 0 Å². The SMILES string of the molecule is O=C(NCCOc1ccccc1Cl)Nc1ccc(F)c(Cl)c1. The topological polar surface area (TPSA) is 50.4 Å². The van der Waals surface area contributed by atoms with E-state index in [9.17, 15) is 9.18 Å². The van der Waals surface area contributed by atoms with E-state index in [1.165, 1.54) is 18.2 Å². The third kappa shape index (κ3) is 4.79. The van der Waals surface area contributed by atoms with E-state index in [1.807, 2.05) is 0 Å². The summed E-state index contributed by atoms with van der Waals surface area (Å²) in [5.41, 5.74) is 0.399. The number of carbonyl (C=O) groups excluding carboxylic acids is 1. The van der Waals surface area contributed by atoms with E-state index in [1.54, 1.807) is 24.3 Å². The molecule has 2 rings (SSSR count). The van der Waals surface area contributed by atoms with Crippen molar-refractivity contribution in [2.24, 2.45) is 0 Å². The summed E-state index contributed by atoms with van der Waals surface area (Å²) < 4.78 is 18.4. The lowest BCUT2D eigenvalue weighted by atomic mass is 10.3. The van der Waals surface area contributed by atoms with Gasteiger partial charge in [0.25, 0.3) is 0 Å². The Morgan fingerprint density at radius 1 is 1.14 bits per heavy atom. The average Bonchev–Trinajstić information content (AvgIpc) is 2.49. The molecule has 0 saturated heterocycles. The van der Waals surface area contributed by atoms with Gasteiger partial charge in [-0.3, -0.25) is 0 Å². The van der Waals surface area contributed by atoms with Crippen LogP contribution in [0, 0.1) is 5.82 Å². The van der Waals surface area contributed by atoms with Crippen molar-refractivity contribution in [3.8, 4) is 5.75 Å². The molecule has 0 saturated carbocycles. The second kappa shape index (κ2) is 7.87. The van der Waals surface area contributed by atoms with Crippen LogP contribution in [0.2, 0.25) is 10.0 Å². The standard InChI is InChI=1S/C15H13Cl2FN2O2/c16-11-3-1-2-4-14(11)22-8-7-19-15(21)20-10-5-6-13(18)12(17)9-10/h1-6,9H,7-8H2,(H2,19,20,21). The van der Waals surface area contributed by atoms with Crippen LogP contribution in [0.5, 0.6) is 5.75 Å². The quantitative estimate of drug-likeness (QED) is 0.794. The van der Waals surface area contributed by atoms with Gasteiger partial charge in [0.05, 0.1) is 16.6 Å². The zero-order valence-electron chi connectivity index (χ0n) is 11.4. The predicted molar refractivity (Wildman–Crippen MR) is 85.4 cm³/mol. The molecule has 2 N–H and O–H groups in total.